The normalized spacial score (nSPS) is 14.8. The van der Waals surface area contributed by atoms with Gasteiger partial charge in [0.2, 0.25) is 0 Å². The molecule has 0 radical (unpaired) electrons. The Hall–Kier alpha value is -0.540. The van der Waals surface area contributed by atoms with Crippen LogP contribution in [-0.2, 0) is 13.0 Å². The minimum atomic E-state index is 0.591. The third-order valence-electron chi connectivity index (χ3n) is 3.96. The molecule has 0 saturated carbocycles. The third kappa shape index (κ3) is 4.78. The van der Waals surface area contributed by atoms with Crippen LogP contribution in [0, 0.1) is 24.7 Å². The first-order valence-electron chi connectivity index (χ1n) is 7.79. The molecule has 0 aliphatic carbocycles. The van der Waals surface area contributed by atoms with Crippen LogP contribution in [0.5, 0.6) is 0 Å². The molecule has 0 fully saturated rings. The molecule has 0 saturated heterocycles. The quantitative estimate of drug-likeness (QED) is 0.788. The highest BCUT2D eigenvalue weighted by atomic mass is 35.5. The first kappa shape index (κ1) is 17.5. The van der Waals surface area contributed by atoms with Crippen molar-refractivity contribution in [1.82, 2.24) is 15.1 Å². The molecule has 0 amide bonds. The molecule has 4 heteroatoms. The maximum absolute atomic E-state index is 6.39. The molecular formula is C16H30ClN3. The van der Waals surface area contributed by atoms with Gasteiger partial charge in [-0.1, -0.05) is 39.3 Å². The maximum Gasteiger partial charge on any atom is 0.0847 e. The summed E-state index contributed by atoms with van der Waals surface area (Å²) < 4.78 is 2.04. The van der Waals surface area contributed by atoms with Crippen molar-refractivity contribution in [1.29, 1.82) is 0 Å². The minimum absolute atomic E-state index is 0.591. The second-order valence-corrected chi connectivity index (χ2v) is 6.75. The Bertz CT molecular complexity index is 412. The highest BCUT2D eigenvalue weighted by Gasteiger charge is 2.19. The van der Waals surface area contributed by atoms with Gasteiger partial charge in [0.25, 0.3) is 0 Å². The van der Waals surface area contributed by atoms with Crippen molar-refractivity contribution < 1.29 is 0 Å². The number of nitrogens with one attached hydrogen (secondary N) is 1. The molecular weight excluding hydrogens is 270 g/mol. The van der Waals surface area contributed by atoms with Gasteiger partial charge in [-0.2, -0.15) is 5.10 Å². The van der Waals surface area contributed by atoms with E-state index in [4.69, 9.17) is 11.6 Å². The molecule has 0 aliphatic heterocycles. The van der Waals surface area contributed by atoms with Crippen LogP contribution < -0.4 is 5.32 Å². The molecule has 2 unspecified atom stereocenters. The minimum Gasteiger partial charge on any atom is -0.316 e. The van der Waals surface area contributed by atoms with Gasteiger partial charge in [-0.15, -0.1) is 0 Å². The second kappa shape index (κ2) is 8.04. The number of nitrogens with zero attached hydrogens (tertiary/aromatic N) is 2. The van der Waals surface area contributed by atoms with E-state index in [0.717, 1.165) is 36.8 Å². The molecule has 0 aliphatic rings. The standard InChI is InChI=1S/C16H30ClN3/c1-7-20-15(16(17)14(6)19-20)8-12(4)13(5)10-18-9-11(2)3/h11-13,18H,7-10H2,1-6H3. The lowest BCUT2D eigenvalue weighted by atomic mass is 9.91. The van der Waals surface area contributed by atoms with E-state index in [1.807, 2.05) is 11.6 Å². The molecule has 0 bridgehead atoms. The molecule has 1 heterocycles. The Kier molecular flexibility index (Phi) is 7.04. The summed E-state index contributed by atoms with van der Waals surface area (Å²) in [7, 11) is 0. The fraction of sp³-hybridized carbons (Fsp3) is 0.812. The second-order valence-electron chi connectivity index (χ2n) is 6.37. The van der Waals surface area contributed by atoms with Gasteiger partial charge in [0, 0.05) is 6.54 Å². The molecule has 20 heavy (non-hydrogen) atoms. The molecule has 116 valence electrons. The van der Waals surface area contributed by atoms with Gasteiger partial charge in [0.15, 0.2) is 0 Å². The topological polar surface area (TPSA) is 29.9 Å². The highest BCUT2D eigenvalue weighted by molar-refractivity contribution is 6.31. The Morgan fingerprint density at radius 3 is 2.35 bits per heavy atom. The van der Waals surface area contributed by atoms with Gasteiger partial charge < -0.3 is 5.32 Å². The Labute approximate surface area is 129 Å². The Balaban J connectivity index is 2.59. The molecule has 0 spiro atoms. The average molecular weight is 300 g/mol. The van der Waals surface area contributed by atoms with Crippen molar-refractivity contribution in [2.75, 3.05) is 13.1 Å². The molecule has 1 rings (SSSR count). The largest absolute Gasteiger partial charge is 0.316 e. The van der Waals surface area contributed by atoms with Gasteiger partial charge in [-0.25, -0.2) is 0 Å². The van der Waals surface area contributed by atoms with Crippen molar-refractivity contribution >= 4 is 11.6 Å². The van der Waals surface area contributed by atoms with Crippen molar-refractivity contribution in [3.63, 3.8) is 0 Å². The summed E-state index contributed by atoms with van der Waals surface area (Å²) in [6.45, 7) is 16.2. The SMILES string of the molecule is CCn1nc(C)c(Cl)c1CC(C)C(C)CNCC(C)C. The van der Waals surface area contributed by atoms with E-state index in [1.54, 1.807) is 0 Å². The van der Waals surface area contributed by atoms with E-state index in [1.165, 1.54) is 5.69 Å². The van der Waals surface area contributed by atoms with Crippen molar-refractivity contribution in [3.8, 4) is 0 Å². The zero-order valence-corrected chi connectivity index (χ0v) is 14.6. The van der Waals surface area contributed by atoms with Crippen molar-refractivity contribution in [2.45, 2.75) is 54.5 Å². The summed E-state index contributed by atoms with van der Waals surface area (Å²) in [6.07, 6.45) is 0.998. The van der Waals surface area contributed by atoms with Gasteiger partial charge >= 0.3 is 0 Å². The van der Waals surface area contributed by atoms with Crippen LogP contribution in [0.15, 0.2) is 0 Å². The van der Waals surface area contributed by atoms with E-state index >= 15 is 0 Å². The van der Waals surface area contributed by atoms with E-state index < -0.39 is 0 Å². The fourth-order valence-electron chi connectivity index (χ4n) is 2.37. The average Bonchev–Trinajstić information content (AvgIpc) is 2.65. The van der Waals surface area contributed by atoms with Crippen LogP contribution in [0.2, 0.25) is 5.02 Å². The van der Waals surface area contributed by atoms with Crippen molar-refractivity contribution in [2.24, 2.45) is 17.8 Å². The van der Waals surface area contributed by atoms with E-state index in [2.05, 4.69) is 45.0 Å². The zero-order valence-electron chi connectivity index (χ0n) is 13.8. The number of aromatic nitrogens is 2. The molecule has 0 aromatic carbocycles. The smallest absolute Gasteiger partial charge is 0.0847 e. The Morgan fingerprint density at radius 2 is 1.80 bits per heavy atom. The summed E-state index contributed by atoms with van der Waals surface area (Å²) in [5.41, 5.74) is 2.14. The number of aryl methyl sites for hydroxylation is 2. The lowest BCUT2D eigenvalue weighted by Gasteiger charge is -2.21. The summed E-state index contributed by atoms with van der Waals surface area (Å²) in [6, 6.07) is 0. The molecule has 3 nitrogen and oxygen atoms in total. The van der Waals surface area contributed by atoms with Gasteiger partial charge in [-0.05, 0) is 51.1 Å². The highest BCUT2D eigenvalue weighted by Crippen LogP contribution is 2.25. The lowest BCUT2D eigenvalue weighted by Crippen LogP contribution is -2.29. The number of rotatable bonds is 8. The fourth-order valence-corrected chi connectivity index (χ4v) is 2.58. The lowest BCUT2D eigenvalue weighted by molar-refractivity contribution is 0.350. The van der Waals surface area contributed by atoms with E-state index in [0.29, 0.717) is 17.8 Å². The van der Waals surface area contributed by atoms with Crippen LogP contribution in [0.4, 0.5) is 0 Å². The van der Waals surface area contributed by atoms with Crippen LogP contribution in [0.1, 0.15) is 46.0 Å². The maximum atomic E-state index is 6.39. The third-order valence-corrected chi connectivity index (χ3v) is 4.45. The predicted octanol–water partition coefficient (Wildman–Crippen LogP) is 3.93. The Morgan fingerprint density at radius 1 is 1.15 bits per heavy atom. The predicted molar refractivity (Wildman–Crippen MR) is 87.4 cm³/mol. The summed E-state index contributed by atoms with van der Waals surface area (Å²) >= 11 is 6.39. The number of hydrogen-bond acceptors (Lipinski definition) is 2. The molecule has 1 aromatic rings. The van der Waals surface area contributed by atoms with E-state index in [9.17, 15) is 0 Å². The van der Waals surface area contributed by atoms with Gasteiger partial charge in [0.05, 0.1) is 16.4 Å². The molecule has 2 atom stereocenters. The van der Waals surface area contributed by atoms with Crippen LogP contribution in [0.25, 0.3) is 0 Å². The van der Waals surface area contributed by atoms with Crippen LogP contribution in [0.3, 0.4) is 0 Å². The first-order chi connectivity index (χ1) is 9.36. The summed E-state index contributed by atoms with van der Waals surface area (Å²) in [4.78, 5) is 0. The van der Waals surface area contributed by atoms with Gasteiger partial charge in [-0.3, -0.25) is 4.68 Å². The van der Waals surface area contributed by atoms with Crippen LogP contribution in [-0.4, -0.2) is 22.9 Å². The summed E-state index contributed by atoms with van der Waals surface area (Å²) in [5, 5.41) is 8.89. The van der Waals surface area contributed by atoms with Crippen molar-refractivity contribution in [3.05, 3.63) is 16.4 Å². The van der Waals surface area contributed by atoms with Crippen LogP contribution >= 0.6 is 11.6 Å². The molecule has 1 aromatic heterocycles. The zero-order chi connectivity index (χ0) is 15.3. The van der Waals surface area contributed by atoms with E-state index in [-0.39, 0.29) is 0 Å². The monoisotopic (exact) mass is 299 g/mol. The number of hydrogen-bond donors (Lipinski definition) is 1. The summed E-state index contributed by atoms with van der Waals surface area (Å²) in [5.74, 6) is 1.93. The first-order valence-corrected chi connectivity index (χ1v) is 8.17. The van der Waals surface area contributed by atoms with Gasteiger partial charge in [0.1, 0.15) is 0 Å². The number of halogens is 1. The molecule has 1 N–H and O–H groups in total.